The van der Waals surface area contributed by atoms with Crippen molar-refractivity contribution >= 4 is 39.6 Å². The molecule has 0 aliphatic heterocycles. The van der Waals surface area contributed by atoms with Gasteiger partial charge in [0.1, 0.15) is 0 Å². The molecule has 4 nitrogen and oxygen atoms in total. The lowest BCUT2D eigenvalue weighted by Crippen LogP contribution is -2.11. The van der Waals surface area contributed by atoms with Crippen molar-refractivity contribution in [1.82, 2.24) is 0 Å². The number of nitrogens with one attached hydrogen (secondary N) is 1. The standard InChI is InChI=1S/C15H18BrNO3/c1-5-9(2)6-12-13(15(19)20-4)7-11(16)8-14(12)17-10(3)18/h6-8H,5H2,1-4H3,(H,17,18). The molecule has 0 heterocycles. The summed E-state index contributed by atoms with van der Waals surface area (Å²) < 4.78 is 5.51. The highest BCUT2D eigenvalue weighted by Crippen LogP contribution is 2.29. The minimum absolute atomic E-state index is 0.192. The van der Waals surface area contributed by atoms with E-state index in [4.69, 9.17) is 4.74 Å². The maximum absolute atomic E-state index is 11.9. The molecule has 1 aromatic carbocycles. The number of methoxy groups -OCH3 is 1. The van der Waals surface area contributed by atoms with Gasteiger partial charge in [0.25, 0.3) is 0 Å². The number of halogens is 1. The maximum atomic E-state index is 11.9. The normalized spacial score (nSPS) is 11.2. The van der Waals surface area contributed by atoms with Crippen molar-refractivity contribution in [3.8, 4) is 0 Å². The number of amides is 1. The van der Waals surface area contributed by atoms with Crippen molar-refractivity contribution in [3.63, 3.8) is 0 Å². The second-order valence-electron chi connectivity index (χ2n) is 4.43. The second-order valence-corrected chi connectivity index (χ2v) is 5.35. The molecular weight excluding hydrogens is 322 g/mol. The first-order chi connectivity index (χ1) is 9.38. The van der Waals surface area contributed by atoms with Crippen LogP contribution in [0.15, 0.2) is 22.2 Å². The lowest BCUT2D eigenvalue weighted by atomic mass is 10.0. The Hall–Kier alpha value is -1.62. The van der Waals surface area contributed by atoms with Gasteiger partial charge in [0.05, 0.1) is 12.7 Å². The summed E-state index contributed by atoms with van der Waals surface area (Å²) in [5, 5.41) is 2.74. The van der Waals surface area contributed by atoms with E-state index in [9.17, 15) is 9.59 Å². The first-order valence-corrected chi connectivity index (χ1v) is 7.05. The summed E-state index contributed by atoms with van der Waals surface area (Å²) in [5.41, 5.74) is 2.76. The molecule has 0 aliphatic rings. The van der Waals surface area contributed by atoms with Crippen LogP contribution in [0.2, 0.25) is 0 Å². The molecule has 0 fully saturated rings. The first-order valence-electron chi connectivity index (χ1n) is 6.25. The summed E-state index contributed by atoms with van der Waals surface area (Å²) in [7, 11) is 1.33. The monoisotopic (exact) mass is 339 g/mol. The Morgan fingerprint density at radius 1 is 1.35 bits per heavy atom. The third-order valence-electron chi connectivity index (χ3n) is 2.81. The summed E-state index contributed by atoms with van der Waals surface area (Å²) in [6.45, 7) is 5.43. The molecule has 0 radical (unpaired) electrons. The van der Waals surface area contributed by atoms with Crippen LogP contribution in [-0.4, -0.2) is 19.0 Å². The second kappa shape index (κ2) is 7.24. The number of allylic oxidation sites excluding steroid dienone is 1. The van der Waals surface area contributed by atoms with Gasteiger partial charge >= 0.3 is 5.97 Å². The SMILES string of the molecule is CCC(C)=Cc1c(NC(C)=O)cc(Br)cc1C(=O)OC. The number of anilines is 1. The highest BCUT2D eigenvalue weighted by atomic mass is 79.9. The molecule has 1 N–H and O–H groups in total. The van der Waals surface area contributed by atoms with E-state index >= 15 is 0 Å². The Morgan fingerprint density at radius 3 is 2.50 bits per heavy atom. The van der Waals surface area contributed by atoms with Crippen molar-refractivity contribution in [2.24, 2.45) is 0 Å². The largest absolute Gasteiger partial charge is 0.465 e. The van der Waals surface area contributed by atoms with E-state index in [0.29, 0.717) is 21.3 Å². The van der Waals surface area contributed by atoms with Crippen LogP contribution in [0.5, 0.6) is 0 Å². The number of ether oxygens (including phenoxy) is 1. The minimum atomic E-state index is -0.437. The minimum Gasteiger partial charge on any atom is -0.465 e. The van der Waals surface area contributed by atoms with Crippen LogP contribution in [0.1, 0.15) is 43.1 Å². The Labute approximate surface area is 127 Å². The third kappa shape index (κ3) is 4.20. The Bertz CT molecular complexity index is 564. The fraction of sp³-hybridized carbons (Fsp3) is 0.333. The summed E-state index contributed by atoms with van der Waals surface area (Å²) >= 11 is 3.34. The van der Waals surface area contributed by atoms with Crippen molar-refractivity contribution in [1.29, 1.82) is 0 Å². The maximum Gasteiger partial charge on any atom is 0.338 e. The third-order valence-corrected chi connectivity index (χ3v) is 3.27. The molecule has 108 valence electrons. The molecule has 1 amide bonds. The van der Waals surface area contributed by atoms with Crippen molar-refractivity contribution in [2.45, 2.75) is 27.2 Å². The average molecular weight is 340 g/mol. The molecule has 0 aliphatic carbocycles. The van der Waals surface area contributed by atoms with Crippen LogP contribution in [0.25, 0.3) is 6.08 Å². The Balaban J connectivity index is 3.52. The van der Waals surface area contributed by atoms with Gasteiger partial charge in [-0.25, -0.2) is 4.79 Å². The van der Waals surface area contributed by atoms with Crippen LogP contribution in [0, 0.1) is 0 Å². The zero-order valence-electron chi connectivity index (χ0n) is 12.0. The zero-order valence-corrected chi connectivity index (χ0v) is 13.6. The van der Waals surface area contributed by atoms with E-state index in [1.54, 1.807) is 12.1 Å². The van der Waals surface area contributed by atoms with Gasteiger partial charge in [-0.2, -0.15) is 0 Å². The molecule has 20 heavy (non-hydrogen) atoms. The summed E-state index contributed by atoms with van der Waals surface area (Å²) in [5.74, 6) is -0.629. The topological polar surface area (TPSA) is 55.4 Å². The van der Waals surface area contributed by atoms with Crippen molar-refractivity contribution in [3.05, 3.63) is 33.3 Å². The highest BCUT2D eigenvalue weighted by molar-refractivity contribution is 9.10. The molecule has 1 aromatic rings. The molecule has 0 atom stereocenters. The molecule has 0 bridgehead atoms. The van der Waals surface area contributed by atoms with Crippen LogP contribution < -0.4 is 5.32 Å². The summed E-state index contributed by atoms with van der Waals surface area (Å²) in [6, 6.07) is 3.45. The van der Waals surface area contributed by atoms with Gasteiger partial charge in [0.2, 0.25) is 5.91 Å². The van der Waals surface area contributed by atoms with E-state index in [1.807, 2.05) is 19.9 Å². The molecule has 0 spiro atoms. The number of esters is 1. The molecule has 1 rings (SSSR count). The number of hydrogen-bond acceptors (Lipinski definition) is 3. The van der Waals surface area contributed by atoms with Gasteiger partial charge in [0.15, 0.2) is 0 Å². The van der Waals surface area contributed by atoms with E-state index in [2.05, 4.69) is 21.2 Å². The first kappa shape index (κ1) is 16.4. The van der Waals surface area contributed by atoms with E-state index < -0.39 is 5.97 Å². The van der Waals surface area contributed by atoms with Crippen LogP contribution in [0.4, 0.5) is 5.69 Å². The molecule has 0 saturated carbocycles. The van der Waals surface area contributed by atoms with Crippen molar-refractivity contribution < 1.29 is 14.3 Å². The van der Waals surface area contributed by atoms with Crippen molar-refractivity contribution in [2.75, 3.05) is 12.4 Å². The van der Waals surface area contributed by atoms with E-state index in [1.165, 1.54) is 14.0 Å². The lowest BCUT2D eigenvalue weighted by Gasteiger charge is -2.13. The lowest BCUT2D eigenvalue weighted by molar-refractivity contribution is -0.114. The number of hydrogen-bond donors (Lipinski definition) is 1. The van der Waals surface area contributed by atoms with Crippen LogP contribution in [0.3, 0.4) is 0 Å². The number of carbonyl (C=O) groups is 2. The predicted molar refractivity (Wildman–Crippen MR) is 83.7 cm³/mol. The van der Waals surface area contributed by atoms with Gasteiger partial charge in [-0.05, 0) is 25.5 Å². The zero-order chi connectivity index (χ0) is 15.3. The highest BCUT2D eigenvalue weighted by Gasteiger charge is 2.16. The summed E-state index contributed by atoms with van der Waals surface area (Å²) in [4.78, 5) is 23.2. The Kier molecular flexibility index (Phi) is 5.95. The number of benzene rings is 1. The molecule has 0 unspecified atom stereocenters. The van der Waals surface area contributed by atoms with E-state index in [-0.39, 0.29) is 5.91 Å². The van der Waals surface area contributed by atoms with Gasteiger partial charge < -0.3 is 10.1 Å². The van der Waals surface area contributed by atoms with Gasteiger partial charge in [0, 0.05) is 22.6 Å². The number of rotatable bonds is 4. The smallest absolute Gasteiger partial charge is 0.338 e. The number of carbonyl (C=O) groups excluding carboxylic acids is 2. The fourth-order valence-corrected chi connectivity index (χ4v) is 2.15. The molecule has 0 aromatic heterocycles. The van der Waals surface area contributed by atoms with Crippen LogP contribution >= 0.6 is 15.9 Å². The average Bonchev–Trinajstić information content (AvgIpc) is 2.39. The Morgan fingerprint density at radius 2 is 2.00 bits per heavy atom. The van der Waals surface area contributed by atoms with Gasteiger partial charge in [-0.3, -0.25) is 4.79 Å². The molecular formula is C15H18BrNO3. The van der Waals surface area contributed by atoms with Gasteiger partial charge in [-0.1, -0.05) is 34.5 Å². The van der Waals surface area contributed by atoms with Crippen LogP contribution in [-0.2, 0) is 9.53 Å². The predicted octanol–water partition coefficient (Wildman–Crippen LogP) is 4.01. The summed E-state index contributed by atoms with van der Waals surface area (Å²) in [6.07, 6.45) is 2.75. The molecule has 5 heteroatoms. The fourth-order valence-electron chi connectivity index (χ4n) is 1.69. The van der Waals surface area contributed by atoms with E-state index in [0.717, 1.165) is 12.0 Å². The molecule has 0 saturated heterocycles. The quantitative estimate of drug-likeness (QED) is 0.843. The van der Waals surface area contributed by atoms with Gasteiger partial charge in [-0.15, -0.1) is 0 Å².